The molecule has 0 aliphatic rings. The van der Waals surface area contributed by atoms with Crippen LogP contribution in [0.1, 0.15) is 0 Å². The summed E-state index contributed by atoms with van der Waals surface area (Å²) in [5.41, 5.74) is 4.66. The van der Waals surface area contributed by atoms with Crippen LogP contribution in [0.3, 0.4) is 0 Å². The highest BCUT2D eigenvalue weighted by Crippen LogP contribution is 2.24. The first-order valence-electron chi connectivity index (χ1n) is 6.30. The van der Waals surface area contributed by atoms with Gasteiger partial charge < -0.3 is 4.98 Å². The zero-order chi connectivity index (χ0) is 13.4. The summed E-state index contributed by atoms with van der Waals surface area (Å²) in [6.45, 7) is 0. The summed E-state index contributed by atoms with van der Waals surface area (Å²) < 4.78 is 0. The molecule has 5 heteroatoms. The van der Waals surface area contributed by atoms with E-state index in [1.165, 1.54) is 0 Å². The van der Waals surface area contributed by atoms with Crippen LogP contribution in [0, 0.1) is 0 Å². The molecule has 0 atom stereocenters. The first-order chi connectivity index (χ1) is 9.90. The SMILES string of the molecule is c1ccc(-c2cc(-c3cc4cnccc4[nH]3)n[nH]2)nc1. The maximum absolute atomic E-state index is 4.34. The molecule has 96 valence electrons. The van der Waals surface area contributed by atoms with Crippen molar-refractivity contribution >= 4 is 10.9 Å². The Hall–Kier alpha value is -2.95. The Kier molecular flexibility index (Phi) is 2.35. The molecule has 0 fully saturated rings. The molecule has 0 aliphatic carbocycles. The molecule has 5 nitrogen and oxygen atoms in total. The molecule has 20 heavy (non-hydrogen) atoms. The zero-order valence-corrected chi connectivity index (χ0v) is 10.5. The van der Waals surface area contributed by atoms with Crippen LogP contribution in [0.2, 0.25) is 0 Å². The third-order valence-electron chi connectivity index (χ3n) is 3.22. The minimum absolute atomic E-state index is 0.863. The molecule has 4 aromatic heterocycles. The van der Waals surface area contributed by atoms with Crippen molar-refractivity contribution in [2.24, 2.45) is 0 Å². The van der Waals surface area contributed by atoms with Gasteiger partial charge in [0.05, 0.1) is 17.1 Å². The van der Waals surface area contributed by atoms with E-state index in [9.17, 15) is 0 Å². The van der Waals surface area contributed by atoms with Gasteiger partial charge in [0.1, 0.15) is 5.69 Å². The van der Waals surface area contributed by atoms with Crippen LogP contribution in [0.4, 0.5) is 0 Å². The van der Waals surface area contributed by atoms with E-state index in [-0.39, 0.29) is 0 Å². The lowest BCUT2D eigenvalue weighted by molar-refractivity contribution is 1.09. The summed E-state index contributed by atoms with van der Waals surface area (Å²) in [4.78, 5) is 11.8. The quantitative estimate of drug-likeness (QED) is 0.582. The van der Waals surface area contributed by atoms with Crippen molar-refractivity contribution in [3.63, 3.8) is 0 Å². The highest BCUT2D eigenvalue weighted by atomic mass is 15.1. The summed E-state index contributed by atoms with van der Waals surface area (Å²) in [5, 5.41) is 8.43. The van der Waals surface area contributed by atoms with Crippen molar-refractivity contribution in [2.75, 3.05) is 0 Å². The smallest absolute Gasteiger partial charge is 0.109 e. The molecule has 0 aromatic carbocycles. The van der Waals surface area contributed by atoms with E-state index in [1.807, 2.05) is 42.6 Å². The topological polar surface area (TPSA) is 70.2 Å². The minimum Gasteiger partial charge on any atom is -0.353 e. The molecule has 4 heterocycles. The van der Waals surface area contributed by atoms with E-state index in [4.69, 9.17) is 0 Å². The predicted octanol–water partition coefficient (Wildman–Crippen LogP) is 3.02. The molecule has 0 aliphatic heterocycles. The van der Waals surface area contributed by atoms with Gasteiger partial charge in [-0.25, -0.2) is 0 Å². The molecular formula is C15H11N5. The number of pyridine rings is 2. The molecule has 4 rings (SSSR count). The van der Waals surface area contributed by atoms with Gasteiger partial charge in [0.15, 0.2) is 0 Å². The Morgan fingerprint density at radius 3 is 2.75 bits per heavy atom. The van der Waals surface area contributed by atoms with Gasteiger partial charge in [-0.05, 0) is 30.3 Å². The lowest BCUT2D eigenvalue weighted by Crippen LogP contribution is -1.80. The number of hydrogen-bond donors (Lipinski definition) is 2. The fourth-order valence-corrected chi connectivity index (χ4v) is 2.22. The molecule has 0 unspecified atom stereocenters. The molecule has 0 saturated heterocycles. The first kappa shape index (κ1) is 10.9. The molecule has 4 aromatic rings. The molecule has 0 bridgehead atoms. The van der Waals surface area contributed by atoms with Crippen molar-refractivity contribution < 1.29 is 0 Å². The highest BCUT2D eigenvalue weighted by Gasteiger charge is 2.09. The van der Waals surface area contributed by atoms with Gasteiger partial charge in [-0.1, -0.05) is 6.07 Å². The number of hydrogen-bond acceptors (Lipinski definition) is 3. The molecular weight excluding hydrogens is 250 g/mol. The zero-order valence-electron chi connectivity index (χ0n) is 10.5. The van der Waals surface area contributed by atoms with Gasteiger partial charge in [0.25, 0.3) is 0 Å². The van der Waals surface area contributed by atoms with E-state index in [2.05, 4.69) is 25.1 Å². The molecule has 0 amide bonds. The summed E-state index contributed by atoms with van der Waals surface area (Å²) in [6.07, 6.45) is 5.37. The normalized spacial score (nSPS) is 11.0. The monoisotopic (exact) mass is 261 g/mol. The van der Waals surface area contributed by atoms with Gasteiger partial charge in [0.2, 0.25) is 0 Å². The van der Waals surface area contributed by atoms with Gasteiger partial charge in [-0.2, -0.15) is 5.10 Å². The fraction of sp³-hybridized carbons (Fsp3) is 0. The minimum atomic E-state index is 0.863. The molecule has 0 saturated carbocycles. The standard InChI is InChI=1S/C15H11N5/c1-2-5-17-12(3-1)14-8-15(20-19-14)13-7-10-9-16-6-4-11(10)18-13/h1-9,18H,(H,19,20). The average Bonchev–Trinajstić information content (AvgIpc) is 3.14. The number of rotatable bonds is 2. The molecule has 2 N–H and O–H groups in total. The van der Waals surface area contributed by atoms with Gasteiger partial charge in [-0.3, -0.25) is 15.1 Å². The number of H-pyrrole nitrogens is 2. The predicted molar refractivity (Wildman–Crippen MR) is 76.9 cm³/mol. The summed E-state index contributed by atoms with van der Waals surface area (Å²) >= 11 is 0. The van der Waals surface area contributed by atoms with Crippen LogP contribution in [0.5, 0.6) is 0 Å². The number of aromatic amines is 2. The maximum Gasteiger partial charge on any atom is 0.109 e. The second-order valence-electron chi connectivity index (χ2n) is 4.53. The van der Waals surface area contributed by atoms with E-state index in [0.717, 1.165) is 33.7 Å². The lowest BCUT2D eigenvalue weighted by atomic mass is 10.2. The maximum atomic E-state index is 4.34. The Bertz CT molecular complexity index is 827. The Balaban J connectivity index is 1.78. The van der Waals surface area contributed by atoms with Crippen LogP contribution >= 0.6 is 0 Å². The van der Waals surface area contributed by atoms with Crippen LogP contribution in [0.25, 0.3) is 33.7 Å². The fourth-order valence-electron chi connectivity index (χ4n) is 2.22. The lowest BCUT2D eigenvalue weighted by Gasteiger charge is -1.92. The number of nitrogens with zero attached hydrogens (tertiary/aromatic N) is 3. The highest BCUT2D eigenvalue weighted by molar-refractivity contribution is 5.84. The van der Waals surface area contributed by atoms with Gasteiger partial charge >= 0.3 is 0 Å². The van der Waals surface area contributed by atoms with Crippen LogP contribution in [0.15, 0.2) is 55.0 Å². The Labute approximate surface area is 114 Å². The largest absolute Gasteiger partial charge is 0.353 e. The van der Waals surface area contributed by atoms with E-state index >= 15 is 0 Å². The van der Waals surface area contributed by atoms with Crippen molar-refractivity contribution in [3.8, 4) is 22.8 Å². The molecule has 0 spiro atoms. The van der Waals surface area contributed by atoms with Crippen molar-refractivity contribution in [3.05, 3.63) is 55.0 Å². The van der Waals surface area contributed by atoms with Gasteiger partial charge in [-0.15, -0.1) is 0 Å². The van der Waals surface area contributed by atoms with Crippen molar-refractivity contribution in [1.82, 2.24) is 25.1 Å². The Morgan fingerprint density at radius 2 is 1.90 bits per heavy atom. The summed E-state index contributed by atoms with van der Waals surface area (Å²) in [5.74, 6) is 0. The van der Waals surface area contributed by atoms with E-state index < -0.39 is 0 Å². The van der Waals surface area contributed by atoms with Crippen molar-refractivity contribution in [2.45, 2.75) is 0 Å². The number of aromatic nitrogens is 5. The number of fused-ring (bicyclic) bond motifs is 1. The first-order valence-corrected chi connectivity index (χ1v) is 6.30. The average molecular weight is 261 g/mol. The van der Waals surface area contributed by atoms with Gasteiger partial charge in [0, 0.05) is 29.5 Å². The van der Waals surface area contributed by atoms with Crippen LogP contribution in [-0.4, -0.2) is 25.1 Å². The van der Waals surface area contributed by atoms with E-state index in [0.29, 0.717) is 0 Å². The van der Waals surface area contributed by atoms with Crippen LogP contribution in [-0.2, 0) is 0 Å². The third-order valence-corrected chi connectivity index (χ3v) is 3.22. The summed E-state index contributed by atoms with van der Waals surface area (Å²) in [6, 6.07) is 11.8. The Morgan fingerprint density at radius 1 is 0.900 bits per heavy atom. The second kappa shape index (κ2) is 4.31. The summed E-state index contributed by atoms with van der Waals surface area (Å²) in [7, 11) is 0. The second-order valence-corrected chi connectivity index (χ2v) is 4.53. The number of nitrogens with one attached hydrogen (secondary N) is 2. The van der Waals surface area contributed by atoms with E-state index in [1.54, 1.807) is 12.4 Å². The third kappa shape index (κ3) is 1.76. The van der Waals surface area contributed by atoms with Crippen LogP contribution < -0.4 is 0 Å². The van der Waals surface area contributed by atoms with Crippen molar-refractivity contribution in [1.29, 1.82) is 0 Å². The molecule has 0 radical (unpaired) electrons.